The van der Waals surface area contributed by atoms with E-state index in [9.17, 15) is 0 Å². The third kappa shape index (κ3) is 5.65. The van der Waals surface area contributed by atoms with Gasteiger partial charge in [-0.05, 0) is 37.1 Å². The van der Waals surface area contributed by atoms with E-state index >= 15 is 0 Å². The van der Waals surface area contributed by atoms with Gasteiger partial charge in [0.05, 0.1) is 13.7 Å². The summed E-state index contributed by atoms with van der Waals surface area (Å²) in [5.41, 5.74) is 1.33. The first-order valence-corrected chi connectivity index (χ1v) is 5.14. The number of halogens is 1. The van der Waals surface area contributed by atoms with Gasteiger partial charge in [0.25, 0.3) is 0 Å². The Balaban J connectivity index is 0.00000225. The van der Waals surface area contributed by atoms with E-state index in [0.717, 1.165) is 25.1 Å². The van der Waals surface area contributed by atoms with Crippen molar-refractivity contribution in [3.05, 3.63) is 29.8 Å². The second-order valence-corrected chi connectivity index (χ2v) is 3.33. The molecule has 88 valence electrons. The maximum Gasteiger partial charge on any atom is 0.118 e. The SMILES string of the molecule is C#CCNCCCc1ccc(OC)cc1.Cl. The molecule has 2 nitrogen and oxygen atoms in total. The molecule has 0 aromatic heterocycles. The summed E-state index contributed by atoms with van der Waals surface area (Å²) in [5.74, 6) is 3.46. The zero-order valence-electron chi connectivity index (χ0n) is 9.53. The fourth-order valence-corrected chi connectivity index (χ4v) is 1.37. The average molecular weight is 240 g/mol. The van der Waals surface area contributed by atoms with Crippen molar-refractivity contribution in [1.29, 1.82) is 0 Å². The van der Waals surface area contributed by atoms with Gasteiger partial charge in [0.1, 0.15) is 5.75 Å². The second-order valence-electron chi connectivity index (χ2n) is 3.33. The van der Waals surface area contributed by atoms with E-state index in [0.29, 0.717) is 6.54 Å². The molecule has 0 unspecified atom stereocenters. The Hall–Kier alpha value is -1.17. The number of rotatable bonds is 6. The molecule has 1 aromatic carbocycles. The Morgan fingerprint density at radius 1 is 1.31 bits per heavy atom. The van der Waals surface area contributed by atoms with Crippen molar-refractivity contribution in [2.45, 2.75) is 12.8 Å². The molecule has 0 spiro atoms. The third-order valence-corrected chi connectivity index (χ3v) is 2.21. The number of terminal acetylenes is 1. The highest BCUT2D eigenvalue weighted by Gasteiger charge is 1.94. The molecular weight excluding hydrogens is 222 g/mol. The summed E-state index contributed by atoms with van der Waals surface area (Å²) in [6, 6.07) is 8.18. The molecule has 0 saturated carbocycles. The molecule has 0 aliphatic rings. The van der Waals surface area contributed by atoms with Crippen LogP contribution in [-0.2, 0) is 6.42 Å². The van der Waals surface area contributed by atoms with Crippen molar-refractivity contribution < 1.29 is 4.74 Å². The lowest BCUT2D eigenvalue weighted by Crippen LogP contribution is -2.15. The van der Waals surface area contributed by atoms with Gasteiger partial charge in [-0.15, -0.1) is 18.8 Å². The summed E-state index contributed by atoms with van der Waals surface area (Å²) < 4.78 is 5.09. The van der Waals surface area contributed by atoms with Gasteiger partial charge in [0, 0.05) is 0 Å². The van der Waals surface area contributed by atoms with Gasteiger partial charge in [0.2, 0.25) is 0 Å². The van der Waals surface area contributed by atoms with Crippen molar-refractivity contribution in [2.75, 3.05) is 20.2 Å². The lowest BCUT2D eigenvalue weighted by atomic mass is 10.1. The zero-order valence-corrected chi connectivity index (χ0v) is 10.3. The van der Waals surface area contributed by atoms with E-state index in [2.05, 4.69) is 23.4 Å². The number of hydrogen-bond donors (Lipinski definition) is 1. The molecule has 0 heterocycles. The fraction of sp³-hybridized carbons (Fsp3) is 0.385. The minimum absolute atomic E-state index is 0. The Kier molecular flexibility index (Phi) is 8.42. The second kappa shape index (κ2) is 9.08. The molecule has 0 aliphatic heterocycles. The summed E-state index contributed by atoms with van der Waals surface area (Å²) in [6.45, 7) is 1.62. The van der Waals surface area contributed by atoms with Crippen LogP contribution in [0.25, 0.3) is 0 Å². The predicted molar refractivity (Wildman–Crippen MR) is 70.3 cm³/mol. The van der Waals surface area contributed by atoms with Crippen LogP contribution in [0.1, 0.15) is 12.0 Å². The van der Waals surface area contributed by atoms with Crippen LogP contribution in [0, 0.1) is 12.3 Å². The molecule has 0 fully saturated rings. The topological polar surface area (TPSA) is 21.3 Å². The molecule has 1 N–H and O–H groups in total. The summed E-state index contributed by atoms with van der Waals surface area (Å²) >= 11 is 0. The van der Waals surface area contributed by atoms with Crippen molar-refractivity contribution in [3.8, 4) is 18.1 Å². The number of nitrogens with one attached hydrogen (secondary N) is 1. The first-order valence-electron chi connectivity index (χ1n) is 5.14. The molecule has 0 aliphatic carbocycles. The van der Waals surface area contributed by atoms with Gasteiger partial charge in [-0.1, -0.05) is 18.1 Å². The maximum absolute atomic E-state index is 5.13. The summed E-state index contributed by atoms with van der Waals surface area (Å²) in [5, 5.41) is 3.17. The highest BCUT2D eigenvalue weighted by atomic mass is 35.5. The van der Waals surface area contributed by atoms with Crippen LogP contribution in [-0.4, -0.2) is 20.2 Å². The maximum atomic E-state index is 5.13. The van der Waals surface area contributed by atoms with Crippen LogP contribution in [0.15, 0.2) is 24.3 Å². The number of aryl methyl sites for hydroxylation is 1. The standard InChI is InChI=1S/C13H17NO.ClH/c1-3-10-14-11-4-5-12-6-8-13(15-2)9-7-12;/h1,6-9,14H,4-5,10-11H2,2H3;1H. The van der Waals surface area contributed by atoms with E-state index in [4.69, 9.17) is 11.2 Å². The summed E-state index contributed by atoms with van der Waals surface area (Å²) in [6.07, 6.45) is 7.30. The number of methoxy groups -OCH3 is 1. The first-order chi connectivity index (χ1) is 7.36. The molecular formula is C13H18ClNO. The number of ether oxygens (including phenoxy) is 1. The van der Waals surface area contributed by atoms with Gasteiger partial charge >= 0.3 is 0 Å². The minimum Gasteiger partial charge on any atom is -0.497 e. The van der Waals surface area contributed by atoms with E-state index < -0.39 is 0 Å². The van der Waals surface area contributed by atoms with E-state index in [1.807, 2.05) is 12.1 Å². The molecule has 1 aromatic rings. The van der Waals surface area contributed by atoms with Gasteiger partial charge < -0.3 is 10.1 Å². The Morgan fingerprint density at radius 3 is 2.56 bits per heavy atom. The molecule has 3 heteroatoms. The molecule has 0 saturated heterocycles. The normalized spacial score (nSPS) is 9.00. The smallest absolute Gasteiger partial charge is 0.118 e. The lowest BCUT2D eigenvalue weighted by molar-refractivity contribution is 0.414. The van der Waals surface area contributed by atoms with Gasteiger partial charge in [-0.25, -0.2) is 0 Å². The Labute approximate surface area is 104 Å². The molecule has 1 rings (SSSR count). The lowest BCUT2D eigenvalue weighted by Gasteiger charge is -2.03. The minimum atomic E-state index is 0. The van der Waals surface area contributed by atoms with Crippen LogP contribution < -0.4 is 10.1 Å². The van der Waals surface area contributed by atoms with Gasteiger partial charge in [0.15, 0.2) is 0 Å². The van der Waals surface area contributed by atoms with Crippen LogP contribution in [0.5, 0.6) is 5.75 Å². The molecule has 0 atom stereocenters. The van der Waals surface area contributed by atoms with Crippen molar-refractivity contribution >= 4 is 12.4 Å². The molecule has 0 bridgehead atoms. The van der Waals surface area contributed by atoms with Crippen LogP contribution in [0.2, 0.25) is 0 Å². The monoisotopic (exact) mass is 239 g/mol. The van der Waals surface area contributed by atoms with Crippen LogP contribution in [0.3, 0.4) is 0 Å². The predicted octanol–water partition coefficient (Wildman–Crippen LogP) is 2.27. The fourth-order valence-electron chi connectivity index (χ4n) is 1.37. The van der Waals surface area contributed by atoms with Crippen molar-refractivity contribution in [2.24, 2.45) is 0 Å². The van der Waals surface area contributed by atoms with Crippen LogP contribution >= 0.6 is 12.4 Å². The zero-order chi connectivity index (χ0) is 10.9. The number of benzene rings is 1. The summed E-state index contributed by atoms with van der Waals surface area (Å²) in [4.78, 5) is 0. The van der Waals surface area contributed by atoms with Crippen molar-refractivity contribution in [3.63, 3.8) is 0 Å². The highest BCUT2D eigenvalue weighted by Crippen LogP contribution is 2.12. The summed E-state index contributed by atoms with van der Waals surface area (Å²) in [7, 11) is 1.68. The Morgan fingerprint density at radius 2 is 2.00 bits per heavy atom. The van der Waals surface area contributed by atoms with E-state index in [1.165, 1.54) is 5.56 Å². The van der Waals surface area contributed by atoms with E-state index in [1.54, 1.807) is 7.11 Å². The van der Waals surface area contributed by atoms with Gasteiger partial charge in [-0.2, -0.15) is 0 Å². The molecule has 0 amide bonds. The van der Waals surface area contributed by atoms with Crippen molar-refractivity contribution in [1.82, 2.24) is 5.32 Å². The third-order valence-electron chi connectivity index (χ3n) is 2.21. The highest BCUT2D eigenvalue weighted by molar-refractivity contribution is 5.85. The van der Waals surface area contributed by atoms with Gasteiger partial charge in [-0.3, -0.25) is 0 Å². The average Bonchev–Trinajstić information content (AvgIpc) is 2.30. The van der Waals surface area contributed by atoms with E-state index in [-0.39, 0.29) is 12.4 Å². The number of hydrogen-bond acceptors (Lipinski definition) is 2. The molecule has 0 radical (unpaired) electrons. The van der Waals surface area contributed by atoms with Crippen LogP contribution in [0.4, 0.5) is 0 Å². The Bertz CT molecular complexity index is 316. The first kappa shape index (κ1) is 14.8. The quantitative estimate of drug-likeness (QED) is 0.608. The largest absolute Gasteiger partial charge is 0.497 e. The molecule has 16 heavy (non-hydrogen) atoms.